The molecule has 2 atom stereocenters. The van der Waals surface area contributed by atoms with Gasteiger partial charge in [-0.1, -0.05) is 43.3 Å². The Hall–Kier alpha value is -1.38. The number of nitrogens with one attached hydrogen (secondary N) is 1. The van der Waals surface area contributed by atoms with Crippen LogP contribution in [0.2, 0.25) is 0 Å². The van der Waals surface area contributed by atoms with Gasteiger partial charge in [0.05, 0.1) is 12.1 Å². The Kier molecular flexibility index (Phi) is 3.81. The lowest BCUT2D eigenvalue weighted by atomic mass is 9.96. The molecule has 0 saturated carbocycles. The normalized spacial score (nSPS) is 20.8. The Morgan fingerprint density at radius 1 is 1.21 bits per heavy atom. The van der Waals surface area contributed by atoms with Crippen molar-refractivity contribution < 1.29 is 4.74 Å². The largest absolute Gasteiger partial charge is 0.376 e. The molecule has 1 saturated heterocycles. The van der Waals surface area contributed by atoms with Crippen LogP contribution in [0.15, 0.2) is 42.5 Å². The Morgan fingerprint density at radius 3 is 2.79 bits per heavy atom. The molecule has 3 rings (SSSR count). The topological polar surface area (TPSA) is 21.3 Å². The molecule has 2 aromatic carbocycles. The zero-order chi connectivity index (χ0) is 13.1. The molecule has 1 fully saturated rings. The van der Waals surface area contributed by atoms with E-state index in [9.17, 15) is 0 Å². The second-order valence-electron chi connectivity index (χ2n) is 5.19. The molecule has 1 N–H and O–H groups in total. The van der Waals surface area contributed by atoms with E-state index in [0.29, 0.717) is 12.1 Å². The molecule has 2 unspecified atom stereocenters. The van der Waals surface area contributed by atoms with Crippen molar-refractivity contribution in [3.05, 3.63) is 48.0 Å². The third kappa shape index (κ3) is 2.65. The number of rotatable bonds is 4. The molecule has 0 aromatic heterocycles. The molecule has 2 nitrogen and oxygen atoms in total. The van der Waals surface area contributed by atoms with Gasteiger partial charge in [0, 0.05) is 6.61 Å². The predicted molar refractivity (Wildman–Crippen MR) is 79.3 cm³/mol. The monoisotopic (exact) mass is 255 g/mol. The molecule has 0 amide bonds. The molecule has 0 aliphatic carbocycles. The fraction of sp³-hybridized carbons (Fsp3) is 0.412. The third-order valence-electron chi connectivity index (χ3n) is 3.89. The summed E-state index contributed by atoms with van der Waals surface area (Å²) in [5.41, 5.74) is 1.34. The van der Waals surface area contributed by atoms with E-state index in [-0.39, 0.29) is 0 Å². The summed E-state index contributed by atoms with van der Waals surface area (Å²) in [6.07, 6.45) is 2.66. The first-order valence-electron chi connectivity index (χ1n) is 7.22. The zero-order valence-electron chi connectivity index (χ0n) is 11.4. The highest BCUT2D eigenvalue weighted by Gasteiger charge is 2.26. The summed E-state index contributed by atoms with van der Waals surface area (Å²) in [7, 11) is 0. The van der Waals surface area contributed by atoms with Gasteiger partial charge in [-0.25, -0.2) is 0 Å². The van der Waals surface area contributed by atoms with Gasteiger partial charge in [-0.05, 0) is 41.8 Å². The van der Waals surface area contributed by atoms with Crippen molar-refractivity contribution in [1.82, 2.24) is 5.32 Å². The third-order valence-corrected chi connectivity index (χ3v) is 3.89. The van der Waals surface area contributed by atoms with E-state index in [4.69, 9.17) is 4.74 Å². The first-order valence-corrected chi connectivity index (χ1v) is 7.22. The quantitative estimate of drug-likeness (QED) is 0.900. The maximum absolute atomic E-state index is 5.87. The zero-order valence-corrected chi connectivity index (χ0v) is 11.4. The summed E-state index contributed by atoms with van der Waals surface area (Å²) in [6, 6.07) is 15.6. The fourth-order valence-corrected chi connectivity index (χ4v) is 2.95. The van der Waals surface area contributed by atoms with Gasteiger partial charge in [-0.3, -0.25) is 0 Å². The van der Waals surface area contributed by atoms with Crippen LogP contribution in [0.5, 0.6) is 0 Å². The van der Waals surface area contributed by atoms with Gasteiger partial charge in [0.1, 0.15) is 0 Å². The summed E-state index contributed by atoms with van der Waals surface area (Å²) in [4.78, 5) is 0. The molecule has 19 heavy (non-hydrogen) atoms. The minimum atomic E-state index is 0.317. The van der Waals surface area contributed by atoms with E-state index in [2.05, 4.69) is 54.7 Å². The van der Waals surface area contributed by atoms with Gasteiger partial charge in [-0.2, -0.15) is 0 Å². The Bertz CT molecular complexity index is 546. The van der Waals surface area contributed by atoms with Crippen molar-refractivity contribution in [2.24, 2.45) is 0 Å². The van der Waals surface area contributed by atoms with E-state index < -0.39 is 0 Å². The highest BCUT2D eigenvalue weighted by Crippen LogP contribution is 2.28. The maximum Gasteiger partial charge on any atom is 0.0770 e. The number of ether oxygens (including phenoxy) is 1. The van der Waals surface area contributed by atoms with Crippen LogP contribution in [0.1, 0.15) is 31.4 Å². The molecule has 0 spiro atoms. The second-order valence-corrected chi connectivity index (χ2v) is 5.19. The Balaban J connectivity index is 1.94. The van der Waals surface area contributed by atoms with Crippen LogP contribution < -0.4 is 5.32 Å². The van der Waals surface area contributed by atoms with E-state index in [1.54, 1.807) is 0 Å². The van der Waals surface area contributed by atoms with Crippen LogP contribution in [0.25, 0.3) is 10.8 Å². The summed E-state index contributed by atoms with van der Waals surface area (Å²) < 4.78 is 5.87. The lowest BCUT2D eigenvalue weighted by molar-refractivity contribution is 0.0788. The molecular formula is C17H21NO. The molecule has 2 aromatic rings. The summed E-state index contributed by atoms with van der Waals surface area (Å²) in [6.45, 7) is 4.03. The summed E-state index contributed by atoms with van der Waals surface area (Å²) >= 11 is 0. The predicted octanol–water partition coefficient (Wildman–Crippen LogP) is 3.67. The summed E-state index contributed by atoms with van der Waals surface area (Å²) in [5.74, 6) is 0. The first kappa shape index (κ1) is 12.6. The minimum Gasteiger partial charge on any atom is -0.376 e. The average molecular weight is 255 g/mol. The molecule has 0 bridgehead atoms. The number of hydrogen-bond donors (Lipinski definition) is 1. The molecule has 1 aliphatic heterocycles. The smallest absolute Gasteiger partial charge is 0.0770 e. The van der Waals surface area contributed by atoms with E-state index in [1.807, 2.05) is 0 Å². The molecular weight excluding hydrogens is 234 g/mol. The molecule has 1 heterocycles. The molecule has 100 valence electrons. The van der Waals surface area contributed by atoms with Crippen LogP contribution in [0, 0.1) is 0 Å². The molecule has 2 heteroatoms. The molecule has 1 aliphatic rings. The van der Waals surface area contributed by atoms with Crippen LogP contribution in [0.3, 0.4) is 0 Å². The van der Waals surface area contributed by atoms with Gasteiger partial charge in [0.15, 0.2) is 0 Å². The van der Waals surface area contributed by atoms with Crippen LogP contribution in [0.4, 0.5) is 0 Å². The van der Waals surface area contributed by atoms with Gasteiger partial charge in [0.2, 0.25) is 0 Å². The van der Waals surface area contributed by atoms with E-state index >= 15 is 0 Å². The minimum absolute atomic E-state index is 0.317. The summed E-state index contributed by atoms with van der Waals surface area (Å²) in [5, 5.41) is 6.19. The average Bonchev–Trinajstić information content (AvgIpc) is 2.98. The molecule has 0 radical (unpaired) electrons. The van der Waals surface area contributed by atoms with Gasteiger partial charge in [0.25, 0.3) is 0 Å². The van der Waals surface area contributed by atoms with Crippen LogP contribution in [-0.4, -0.2) is 19.3 Å². The SMILES string of the molecule is CCNC(c1ccc2ccccc2c1)C1CCCO1. The van der Waals surface area contributed by atoms with Gasteiger partial charge >= 0.3 is 0 Å². The van der Waals surface area contributed by atoms with Crippen molar-refractivity contribution in [3.63, 3.8) is 0 Å². The Labute approximate surface area is 114 Å². The fourth-order valence-electron chi connectivity index (χ4n) is 2.95. The second kappa shape index (κ2) is 5.72. The first-order chi connectivity index (χ1) is 9.38. The lowest BCUT2D eigenvalue weighted by Crippen LogP contribution is -2.31. The van der Waals surface area contributed by atoms with Crippen molar-refractivity contribution in [2.75, 3.05) is 13.2 Å². The number of hydrogen-bond acceptors (Lipinski definition) is 2. The van der Waals surface area contributed by atoms with Crippen molar-refractivity contribution in [2.45, 2.75) is 31.9 Å². The number of fused-ring (bicyclic) bond motifs is 1. The van der Waals surface area contributed by atoms with Crippen molar-refractivity contribution in [3.8, 4) is 0 Å². The van der Waals surface area contributed by atoms with Crippen molar-refractivity contribution in [1.29, 1.82) is 0 Å². The van der Waals surface area contributed by atoms with E-state index in [0.717, 1.165) is 19.6 Å². The maximum atomic E-state index is 5.87. The standard InChI is InChI=1S/C17H21NO/c1-2-18-17(16-8-5-11-19-16)15-10-9-13-6-3-4-7-14(13)12-15/h3-4,6-7,9-10,12,16-18H,2,5,8,11H2,1H3. The van der Waals surface area contributed by atoms with Gasteiger partial charge in [-0.15, -0.1) is 0 Å². The highest BCUT2D eigenvalue weighted by atomic mass is 16.5. The van der Waals surface area contributed by atoms with Crippen LogP contribution >= 0.6 is 0 Å². The lowest BCUT2D eigenvalue weighted by Gasteiger charge is -2.24. The Morgan fingerprint density at radius 2 is 2.05 bits per heavy atom. The highest BCUT2D eigenvalue weighted by molar-refractivity contribution is 5.83. The van der Waals surface area contributed by atoms with E-state index in [1.165, 1.54) is 22.8 Å². The number of likely N-dealkylation sites (N-methyl/N-ethyl adjacent to an activating group) is 1. The van der Waals surface area contributed by atoms with Crippen molar-refractivity contribution >= 4 is 10.8 Å². The van der Waals surface area contributed by atoms with Crippen LogP contribution in [-0.2, 0) is 4.74 Å². The van der Waals surface area contributed by atoms with Gasteiger partial charge < -0.3 is 10.1 Å². The number of benzene rings is 2.